The number of nitrogens with zero attached hydrogens (tertiary/aromatic N) is 2. The van der Waals surface area contributed by atoms with Gasteiger partial charge in [-0.05, 0) is 29.8 Å². The molecule has 1 rings (SSSR count). The lowest BCUT2D eigenvalue weighted by molar-refractivity contribution is 0.299. The van der Waals surface area contributed by atoms with Gasteiger partial charge in [-0.3, -0.25) is 0 Å². The predicted molar refractivity (Wildman–Crippen MR) is 62.5 cm³/mol. The monoisotopic (exact) mass is 258 g/mol. The van der Waals surface area contributed by atoms with Gasteiger partial charge < -0.3 is 9.64 Å². The van der Waals surface area contributed by atoms with E-state index in [-0.39, 0.29) is 0 Å². The Hall–Kier alpha value is -0.770. The van der Waals surface area contributed by atoms with Crippen molar-refractivity contribution in [2.24, 2.45) is 4.99 Å². The first-order chi connectivity index (χ1) is 6.71. The van der Waals surface area contributed by atoms with Gasteiger partial charge in [0.2, 0.25) is 0 Å². The van der Waals surface area contributed by atoms with E-state index in [0.29, 0.717) is 0 Å². The molecule has 1 aliphatic heterocycles. The molecule has 0 saturated heterocycles. The normalized spacial score (nSPS) is 18.1. The number of ether oxygens (including phenoxy) is 1. The van der Waals surface area contributed by atoms with Gasteiger partial charge in [0.15, 0.2) is 0 Å². The molecule has 0 amide bonds. The summed E-state index contributed by atoms with van der Waals surface area (Å²) >= 11 is 3.33. The Morgan fingerprint density at radius 3 is 2.64 bits per heavy atom. The van der Waals surface area contributed by atoms with Crippen molar-refractivity contribution in [3.63, 3.8) is 0 Å². The lowest BCUT2D eigenvalue weighted by Gasteiger charge is -2.16. The van der Waals surface area contributed by atoms with E-state index in [1.54, 1.807) is 7.11 Å². The predicted octanol–water partition coefficient (Wildman–Crippen LogP) is 2.51. The molecule has 0 aromatic rings. The zero-order chi connectivity index (χ0) is 10.6. The molecule has 0 saturated carbocycles. The molecule has 0 radical (unpaired) electrons. The summed E-state index contributed by atoms with van der Waals surface area (Å²) in [4.78, 5) is 6.49. The van der Waals surface area contributed by atoms with Crippen LogP contribution in [0.4, 0.5) is 0 Å². The Bertz CT molecular complexity index is 290. The fourth-order valence-corrected chi connectivity index (χ4v) is 1.62. The second-order valence-corrected chi connectivity index (χ2v) is 3.70. The van der Waals surface area contributed by atoms with Crippen molar-refractivity contribution in [1.29, 1.82) is 0 Å². The standard InChI is InChI=1S/C10H15BrN2O/c1-4-13(5-2)7-8-9(14-3)6-10(11)12-8/h6-7H,4-5H2,1-3H3/b8-7-. The van der Waals surface area contributed by atoms with E-state index in [9.17, 15) is 0 Å². The van der Waals surface area contributed by atoms with Gasteiger partial charge in [-0.15, -0.1) is 0 Å². The van der Waals surface area contributed by atoms with Crippen LogP contribution in [0.5, 0.6) is 0 Å². The van der Waals surface area contributed by atoms with Crippen molar-refractivity contribution in [1.82, 2.24) is 4.90 Å². The smallest absolute Gasteiger partial charge is 0.148 e. The first-order valence-electron chi connectivity index (χ1n) is 4.67. The number of rotatable bonds is 4. The lowest BCUT2D eigenvalue weighted by Crippen LogP contribution is -2.16. The highest BCUT2D eigenvalue weighted by molar-refractivity contribution is 9.18. The highest BCUT2D eigenvalue weighted by Gasteiger charge is 2.13. The van der Waals surface area contributed by atoms with E-state index in [4.69, 9.17) is 4.74 Å². The fourth-order valence-electron chi connectivity index (χ4n) is 1.22. The van der Waals surface area contributed by atoms with Gasteiger partial charge in [-0.25, -0.2) is 4.99 Å². The third-order valence-corrected chi connectivity index (χ3v) is 2.47. The van der Waals surface area contributed by atoms with E-state index >= 15 is 0 Å². The van der Waals surface area contributed by atoms with Crippen LogP contribution in [0, 0.1) is 0 Å². The minimum absolute atomic E-state index is 0.809. The maximum atomic E-state index is 5.21. The summed E-state index contributed by atoms with van der Waals surface area (Å²) in [6.45, 7) is 6.18. The molecular formula is C10H15BrN2O. The molecule has 3 nitrogen and oxygen atoms in total. The van der Waals surface area contributed by atoms with Gasteiger partial charge >= 0.3 is 0 Å². The van der Waals surface area contributed by atoms with Crippen molar-refractivity contribution in [3.05, 3.63) is 23.7 Å². The van der Waals surface area contributed by atoms with Crippen LogP contribution in [0.2, 0.25) is 0 Å². The maximum Gasteiger partial charge on any atom is 0.148 e. The average molecular weight is 259 g/mol. The first-order valence-corrected chi connectivity index (χ1v) is 5.46. The summed E-state index contributed by atoms with van der Waals surface area (Å²) in [6, 6.07) is 0. The number of hydrogen-bond acceptors (Lipinski definition) is 3. The van der Waals surface area contributed by atoms with Crippen LogP contribution in [0.15, 0.2) is 28.7 Å². The highest BCUT2D eigenvalue weighted by atomic mass is 79.9. The van der Waals surface area contributed by atoms with Gasteiger partial charge in [-0.2, -0.15) is 0 Å². The van der Waals surface area contributed by atoms with Crippen molar-refractivity contribution < 1.29 is 4.74 Å². The van der Waals surface area contributed by atoms with E-state index in [2.05, 4.69) is 39.7 Å². The molecule has 0 aromatic carbocycles. The molecule has 0 aliphatic carbocycles. The SMILES string of the molecule is CCN(/C=C1\N=C(Br)C=C1OC)CC. The van der Waals surface area contributed by atoms with Crippen LogP contribution < -0.4 is 0 Å². The van der Waals surface area contributed by atoms with Gasteiger partial charge in [-0.1, -0.05) is 0 Å². The summed E-state index contributed by atoms with van der Waals surface area (Å²) in [6.07, 6.45) is 3.89. The molecule has 78 valence electrons. The molecule has 0 bridgehead atoms. The average Bonchev–Trinajstić information content (AvgIpc) is 2.55. The van der Waals surface area contributed by atoms with Crippen molar-refractivity contribution >= 4 is 20.6 Å². The Kier molecular flexibility index (Phi) is 4.20. The van der Waals surface area contributed by atoms with Crippen LogP contribution in [0.3, 0.4) is 0 Å². The number of halogens is 1. The van der Waals surface area contributed by atoms with Crippen LogP contribution in [0.25, 0.3) is 0 Å². The number of hydrogen-bond donors (Lipinski definition) is 0. The third-order valence-electron chi connectivity index (χ3n) is 2.07. The lowest BCUT2D eigenvalue weighted by atomic mass is 10.4. The van der Waals surface area contributed by atoms with Crippen LogP contribution >= 0.6 is 15.9 Å². The Morgan fingerprint density at radius 2 is 2.14 bits per heavy atom. The zero-order valence-electron chi connectivity index (χ0n) is 8.75. The fraction of sp³-hybridized carbons (Fsp3) is 0.500. The second kappa shape index (κ2) is 5.20. The van der Waals surface area contributed by atoms with Crippen molar-refractivity contribution in [2.45, 2.75) is 13.8 Å². The highest BCUT2D eigenvalue weighted by Crippen LogP contribution is 2.22. The summed E-state index contributed by atoms with van der Waals surface area (Å²) in [5, 5.41) is 0. The van der Waals surface area contributed by atoms with E-state index in [1.165, 1.54) is 0 Å². The van der Waals surface area contributed by atoms with E-state index in [1.807, 2.05) is 12.3 Å². The minimum atomic E-state index is 0.809. The number of allylic oxidation sites excluding steroid dienone is 1. The van der Waals surface area contributed by atoms with Crippen LogP contribution in [-0.4, -0.2) is 29.7 Å². The topological polar surface area (TPSA) is 24.8 Å². The van der Waals surface area contributed by atoms with Gasteiger partial charge in [0.1, 0.15) is 16.1 Å². The second-order valence-electron chi connectivity index (χ2n) is 2.88. The first kappa shape index (κ1) is 11.3. The molecule has 0 aromatic heterocycles. The molecule has 0 fully saturated rings. The number of aliphatic imine (C=N–C) groups is 1. The Morgan fingerprint density at radius 1 is 1.50 bits per heavy atom. The van der Waals surface area contributed by atoms with Gasteiger partial charge in [0, 0.05) is 25.4 Å². The summed E-state index contributed by atoms with van der Waals surface area (Å²) in [5.41, 5.74) is 0.878. The molecule has 0 unspecified atom stereocenters. The van der Waals surface area contributed by atoms with Crippen molar-refractivity contribution in [2.75, 3.05) is 20.2 Å². The third kappa shape index (κ3) is 2.61. The van der Waals surface area contributed by atoms with Crippen LogP contribution in [0.1, 0.15) is 13.8 Å². The maximum absolute atomic E-state index is 5.21. The van der Waals surface area contributed by atoms with Gasteiger partial charge in [0.05, 0.1) is 7.11 Å². The minimum Gasteiger partial charge on any atom is -0.494 e. The number of methoxy groups -OCH3 is 1. The summed E-state index contributed by atoms with van der Waals surface area (Å²) < 4.78 is 6.02. The largest absolute Gasteiger partial charge is 0.494 e. The Balaban J connectivity index is 2.82. The van der Waals surface area contributed by atoms with Gasteiger partial charge in [0.25, 0.3) is 0 Å². The molecule has 0 N–H and O–H groups in total. The molecule has 4 heteroatoms. The quantitative estimate of drug-likeness (QED) is 0.774. The van der Waals surface area contributed by atoms with E-state index < -0.39 is 0 Å². The Labute approximate surface area is 93.3 Å². The summed E-state index contributed by atoms with van der Waals surface area (Å²) in [5.74, 6) is 0.809. The van der Waals surface area contributed by atoms with Crippen LogP contribution in [-0.2, 0) is 4.74 Å². The molecular weight excluding hydrogens is 244 g/mol. The molecule has 1 aliphatic rings. The summed E-state index contributed by atoms with van der Waals surface area (Å²) in [7, 11) is 1.66. The van der Waals surface area contributed by atoms with E-state index in [0.717, 1.165) is 29.2 Å². The zero-order valence-corrected chi connectivity index (χ0v) is 10.3. The molecule has 1 heterocycles. The molecule has 14 heavy (non-hydrogen) atoms. The molecule has 0 spiro atoms. The molecule has 0 atom stereocenters. The van der Waals surface area contributed by atoms with Crippen molar-refractivity contribution in [3.8, 4) is 0 Å².